The van der Waals surface area contributed by atoms with Crippen LogP contribution in [0.15, 0.2) is 18.2 Å². The van der Waals surface area contributed by atoms with E-state index in [2.05, 4.69) is 5.32 Å². The van der Waals surface area contributed by atoms with Crippen molar-refractivity contribution in [3.05, 3.63) is 23.8 Å². The average molecular weight is 275 g/mol. The zero-order valence-electron chi connectivity index (χ0n) is 11.3. The van der Waals surface area contributed by atoms with E-state index in [4.69, 9.17) is 14.9 Å². The maximum atomic E-state index is 11.8. The SMILES string of the molecule is CCN1C(=O)NC(=N)C1c1ccc2c(c1)OCCCO2. The fraction of sp³-hybridized carbons (Fsp3) is 0.429. The third kappa shape index (κ3) is 2.07. The van der Waals surface area contributed by atoms with Crippen molar-refractivity contribution in [2.75, 3.05) is 19.8 Å². The molecular formula is C14H17N3O3. The molecule has 0 bridgehead atoms. The van der Waals surface area contributed by atoms with Gasteiger partial charge < -0.3 is 14.4 Å². The lowest BCUT2D eigenvalue weighted by Gasteiger charge is -2.22. The number of carbonyl (C=O) groups excluding carboxylic acids is 1. The van der Waals surface area contributed by atoms with Crippen molar-refractivity contribution in [2.45, 2.75) is 19.4 Å². The van der Waals surface area contributed by atoms with Gasteiger partial charge in [0.25, 0.3) is 0 Å². The summed E-state index contributed by atoms with van der Waals surface area (Å²) in [6.45, 7) is 3.71. The van der Waals surface area contributed by atoms with Crippen LogP contribution in [0.5, 0.6) is 11.5 Å². The number of carbonyl (C=O) groups is 1. The first kappa shape index (κ1) is 12.8. The van der Waals surface area contributed by atoms with Gasteiger partial charge in [0, 0.05) is 13.0 Å². The highest BCUT2D eigenvalue weighted by molar-refractivity contribution is 6.06. The van der Waals surface area contributed by atoms with Crippen LogP contribution in [0.4, 0.5) is 4.79 Å². The number of ether oxygens (including phenoxy) is 2. The summed E-state index contributed by atoms with van der Waals surface area (Å²) in [5, 5.41) is 10.5. The van der Waals surface area contributed by atoms with Gasteiger partial charge in [0.15, 0.2) is 11.5 Å². The highest BCUT2D eigenvalue weighted by Crippen LogP contribution is 2.35. The summed E-state index contributed by atoms with van der Waals surface area (Å²) in [5.41, 5.74) is 0.861. The Morgan fingerprint density at radius 2 is 2.10 bits per heavy atom. The van der Waals surface area contributed by atoms with Crippen molar-refractivity contribution in [3.63, 3.8) is 0 Å². The molecule has 1 saturated heterocycles. The molecule has 6 heteroatoms. The molecule has 1 atom stereocenters. The van der Waals surface area contributed by atoms with Gasteiger partial charge in [0.2, 0.25) is 0 Å². The van der Waals surface area contributed by atoms with Gasteiger partial charge >= 0.3 is 6.03 Å². The van der Waals surface area contributed by atoms with Crippen LogP contribution >= 0.6 is 0 Å². The van der Waals surface area contributed by atoms with Gasteiger partial charge in [-0.2, -0.15) is 0 Å². The number of nitrogens with zero attached hydrogens (tertiary/aromatic N) is 1. The fourth-order valence-corrected chi connectivity index (χ4v) is 2.55. The molecule has 2 aliphatic rings. The van der Waals surface area contributed by atoms with E-state index in [-0.39, 0.29) is 17.9 Å². The molecule has 106 valence electrons. The van der Waals surface area contributed by atoms with E-state index in [0.29, 0.717) is 25.5 Å². The Morgan fingerprint density at radius 3 is 2.85 bits per heavy atom. The molecule has 1 aromatic carbocycles. The minimum absolute atomic E-state index is 0.200. The van der Waals surface area contributed by atoms with Crippen molar-refractivity contribution in [1.29, 1.82) is 5.41 Å². The quantitative estimate of drug-likeness (QED) is 0.865. The summed E-state index contributed by atoms with van der Waals surface area (Å²) in [6, 6.07) is 5.00. The van der Waals surface area contributed by atoms with Crippen LogP contribution in [0.2, 0.25) is 0 Å². The first-order valence-corrected chi connectivity index (χ1v) is 6.76. The molecule has 2 N–H and O–H groups in total. The number of amidine groups is 1. The van der Waals surface area contributed by atoms with Crippen molar-refractivity contribution in [2.24, 2.45) is 0 Å². The van der Waals surface area contributed by atoms with E-state index in [1.54, 1.807) is 4.90 Å². The predicted octanol–water partition coefficient (Wildman–Crippen LogP) is 1.91. The lowest BCUT2D eigenvalue weighted by molar-refractivity contribution is 0.208. The van der Waals surface area contributed by atoms with Crippen LogP contribution in [0.3, 0.4) is 0 Å². The summed E-state index contributed by atoms with van der Waals surface area (Å²) >= 11 is 0. The van der Waals surface area contributed by atoms with Crippen molar-refractivity contribution < 1.29 is 14.3 Å². The molecule has 6 nitrogen and oxygen atoms in total. The molecule has 2 aliphatic heterocycles. The molecule has 0 saturated carbocycles. The highest BCUT2D eigenvalue weighted by Gasteiger charge is 2.36. The molecule has 2 amide bonds. The van der Waals surface area contributed by atoms with E-state index in [1.807, 2.05) is 25.1 Å². The smallest absolute Gasteiger partial charge is 0.323 e. The Kier molecular flexibility index (Phi) is 3.22. The van der Waals surface area contributed by atoms with E-state index < -0.39 is 0 Å². The number of hydrogen-bond acceptors (Lipinski definition) is 4. The van der Waals surface area contributed by atoms with Gasteiger partial charge in [-0.05, 0) is 24.6 Å². The third-order valence-electron chi connectivity index (χ3n) is 3.52. The molecule has 20 heavy (non-hydrogen) atoms. The molecule has 0 aliphatic carbocycles. The molecule has 1 fully saturated rings. The van der Waals surface area contributed by atoms with Crippen molar-refractivity contribution >= 4 is 11.9 Å². The van der Waals surface area contributed by atoms with Gasteiger partial charge in [-0.15, -0.1) is 0 Å². The number of amides is 2. The molecule has 0 spiro atoms. The van der Waals surface area contributed by atoms with Gasteiger partial charge in [-0.3, -0.25) is 10.7 Å². The number of likely N-dealkylation sites (N-methyl/N-ethyl adjacent to an activating group) is 1. The molecule has 1 aromatic rings. The van der Waals surface area contributed by atoms with Crippen LogP contribution in [0.1, 0.15) is 24.9 Å². The second-order valence-electron chi connectivity index (χ2n) is 4.79. The number of nitrogens with one attached hydrogen (secondary N) is 2. The van der Waals surface area contributed by atoms with Gasteiger partial charge in [-0.25, -0.2) is 4.79 Å². The largest absolute Gasteiger partial charge is 0.490 e. The van der Waals surface area contributed by atoms with E-state index in [9.17, 15) is 4.79 Å². The number of rotatable bonds is 2. The topological polar surface area (TPSA) is 74.7 Å². The monoisotopic (exact) mass is 275 g/mol. The van der Waals surface area contributed by atoms with Gasteiger partial charge in [-0.1, -0.05) is 6.07 Å². The van der Waals surface area contributed by atoms with Crippen LogP contribution < -0.4 is 14.8 Å². The summed E-state index contributed by atoms with van der Waals surface area (Å²) in [7, 11) is 0. The Labute approximate surface area is 117 Å². The lowest BCUT2D eigenvalue weighted by Crippen LogP contribution is -2.29. The van der Waals surface area contributed by atoms with E-state index in [0.717, 1.165) is 17.7 Å². The molecule has 0 aromatic heterocycles. The summed E-state index contributed by atoms with van der Waals surface area (Å²) in [5.74, 6) is 1.60. The van der Waals surface area contributed by atoms with Crippen LogP contribution in [-0.4, -0.2) is 36.5 Å². The Morgan fingerprint density at radius 1 is 1.35 bits per heavy atom. The van der Waals surface area contributed by atoms with E-state index >= 15 is 0 Å². The summed E-state index contributed by atoms with van der Waals surface area (Å²) < 4.78 is 11.3. The fourth-order valence-electron chi connectivity index (χ4n) is 2.55. The lowest BCUT2D eigenvalue weighted by atomic mass is 10.0. The summed E-state index contributed by atoms with van der Waals surface area (Å²) in [6.07, 6.45) is 0.852. The maximum absolute atomic E-state index is 11.8. The normalized spacial score (nSPS) is 21.6. The molecular weight excluding hydrogens is 258 g/mol. The number of urea groups is 1. The van der Waals surface area contributed by atoms with Crippen LogP contribution in [0, 0.1) is 5.41 Å². The van der Waals surface area contributed by atoms with Crippen molar-refractivity contribution in [1.82, 2.24) is 10.2 Å². The van der Waals surface area contributed by atoms with Crippen LogP contribution in [-0.2, 0) is 0 Å². The third-order valence-corrected chi connectivity index (χ3v) is 3.52. The second kappa shape index (κ2) is 5.03. The predicted molar refractivity (Wildman–Crippen MR) is 73.4 cm³/mol. The van der Waals surface area contributed by atoms with Crippen molar-refractivity contribution in [3.8, 4) is 11.5 Å². The number of benzene rings is 1. The molecule has 2 heterocycles. The van der Waals surface area contributed by atoms with Gasteiger partial charge in [0.05, 0.1) is 13.2 Å². The standard InChI is InChI=1S/C14H17N3O3/c1-2-17-12(13(15)16-14(17)18)9-4-5-10-11(8-9)20-7-3-6-19-10/h4-5,8,12H,2-3,6-7H2,1H3,(H2,15,16,18). The molecule has 1 unspecified atom stereocenters. The maximum Gasteiger partial charge on any atom is 0.323 e. The average Bonchev–Trinajstić information content (AvgIpc) is 2.62. The van der Waals surface area contributed by atoms with Crippen LogP contribution in [0.25, 0.3) is 0 Å². The first-order chi connectivity index (χ1) is 9.70. The first-order valence-electron chi connectivity index (χ1n) is 6.76. The molecule has 0 radical (unpaired) electrons. The highest BCUT2D eigenvalue weighted by atomic mass is 16.5. The summed E-state index contributed by atoms with van der Waals surface area (Å²) in [4.78, 5) is 13.4. The Hall–Kier alpha value is -2.24. The number of fused-ring (bicyclic) bond motifs is 1. The minimum atomic E-state index is -0.371. The number of hydrogen-bond donors (Lipinski definition) is 2. The zero-order valence-corrected chi connectivity index (χ0v) is 11.3. The Balaban J connectivity index is 1.96. The second-order valence-corrected chi connectivity index (χ2v) is 4.79. The zero-order chi connectivity index (χ0) is 14.1. The van der Waals surface area contributed by atoms with Gasteiger partial charge in [0.1, 0.15) is 11.9 Å². The Bertz CT molecular complexity index is 559. The molecule has 3 rings (SSSR count). The minimum Gasteiger partial charge on any atom is -0.490 e. The van der Waals surface area contributed by atoms with E-state index in [1.165, 1.54) is 0 Å².